The normalized spacial score (nSPS) is 15.9. The van der Waals surface area contributed by atoms with E-state index in [1.165, 1.54) is 17.7 Å². The summed E-state index contributed by atoms with van der Waals surface area (Å²) in [5.41, 5.74) is 2.80. The van der Waals surface area contributed by atoms with E-state index in [9.17, 15) is 13.2 Å². The van der Waals surface area contributed by atoms with Crippen LogP contribution in [-0.4, -0.2) is 37.3 Å². The summed E-state index contributed by atoms with van der Waals surface area (Å²) in [6.45, 7) is 2.50. The number of fused-ring (bicyclic) bond motifs is 1. The maximum atomic E-state index is 12.6. The number of sulfonamides is 1. The zero-order valence-electron chi connectivity index (χ0n) is 16.5. The first-order chi connectivity index (χ1) is 14.4. The predicted molar refractivity (Wildman–Crippen MR) is 116 cm³/mol. The molecule has 1 aliphatic rings. The van der Waals surface area contributed by atoms with E-state index in [1.54, 1.807) is 12.1 Å². The standard InChI is InChI=1S/C22H24N4O3S/c23-30(28,29)20-8-6-19(7-9-20)25-22(27)17-10-13-26(14-11-17)15-18-4-1-3-16-5-2-12-24-21(16)18/h1-9,12,17H,10-11,13-15H2,(H,25,27)(H2,23,28,29). The van der Waals surface area contributed by atoms with Crippen molar-refractivity contribution in [3.8, 4) is 0 Å². The average molecular weight is 425 g/mol. The van der Waals surface area contributed by atoms with Crippen LogP contribution < -0.4 is 10.5 Å². The van der Waals surface area contributed by atoms with Crippen molar-refractivity contribution in [2.75, 3.05) is 18.4 Å². The van der Waals surface area contributed by atoms with E-state index in [2.05, 4.69) is 39.5 Å². The van der Waals surface area contributed by atoms with Crippen LogP contribution in [-0.2, 0) is 21.4 Å². The fourth-order valence-corrected chi connectivity index (χ4v) is 4.38. The minimum absolute atomic E-state index is 0.0248. The number of benzene rings is 2. The summed E-state index contributed by atoms with van der Waals surface area (Å²) in [7, 11) is -3.74. The van der Waals surface area contributed by atoms with Crippen molar-refractivity contribution in [2.24, 2.45) is 11.1 Å². The minimum atomic E-state index is -3.74. The molecule has 4 rings (SSSR count). The van der Waals surface area contributed by atoms with Gasteiger partial charge in [-0.2, -0.15) is 0 Å². The van der Waals surface area contributed by atoms with Gasteiger partial charge in [-0.05, 0) is 61.8 Å². The Labute approximate surface area is 176 Å². The van der Waals surface area contributed by atoms with E-state index in [-0.39, 0.29) is 16.7 Å². The van der Waals surface area contributed by atoms with Crippen LogP contribution in [0.2, 0.25) is 0 Å². The van der Waals surface area contributed by atoms with Crippen molar-refractivity contribution in [3.63, 3.8) is 0 Å². The molecule has 30 heavy (non-hydrogen) atoms. The van der Waals surface area contributed by atoms with Gasteiger partial charge in [-0.1, -0.05) is 24.3 Å². The van der Waals surface area contributed by atoms with Crippen LogP contribution >= 0.6 is 0 Å². The predicted octanol–water partition coefficient (Wildman–Crippen LogP) is 2.73. The van der Waals surface area contributed by atoms with Crippen LogP contribution in [0.5, 0.6) is 0 Å². The molecule has 8 heteroatoms. The quantitative estimate of drug-likeness (QED) is 0.655. The number of primary sulfonamides is 1. The van der Waals surface area contributed by atoms with E-state index < -0.39 is 10.0 Å². The number of nitrogens with two attached hydrogens (primary N) is 1. The number of nitrogens with zero attached hydrogens (tertiary/aromatic N) is 2. The molecule has 1 aliphatic heterocycles. The maximum Gasteiger partial charge on any atom is 0.238 e. The van der Waals surface area contributed by atoms with Gasteiger partial charge in [0, 0.05) is 29.7 Å². The highest BCUT2D eigenvalue weighted by molar-refractivity contribution is 7.89. The number of carbonyl (C=O) groups excluding carboxylic acids is 1. The smallest absolute Gasteiger partial charge is 0.238 e. The van der Waals surface area contributed by atoms with Gasteiger partial charge >= 0.3 is 0 Å². The third-order valence-corrected chi connectivity index (χ3v) is 6.45. The first-order valence-electron chi connectivity index (χ1n) is 9.89. The van der Waals surface area contributed by atoms with Crippen LogP contribution in [0.4, 0.5) is 5.69 Å². The number of aromatic nitrogens is 1. The number of likely N-dealkylation sites (tertiary alicyclic amines) is 1. The fraction of sp³-hybridized carbons (Fsp3) is 0.273. The molecule has 0 spiro atoms. The largest absolute Gasteiger partial charge is 0.326 e. The number of piperidine rings is 1. The number of hydrogen-bond acceptors (Lipinski definition) is 5. The molecule has 0 unspecified atom stereocenters. The SMILES string of the molecule is NS(=O)(=O)c1ccc(NC(=O)C2CCN(Cc3cccc4cccnc34)CC2)cc1. The number of rotatable bonds is 5. The first kappa shape index (κ1) is 20.5. The molecule has 7 nitrogen and oxygen atoms in total. The third-order valence-electron chi connectivity index (χ3n) is 5.52. The van der Waals surface area contributed by atoms with Gasteiger partial charge in [0.1, 0.15) is 0 Å². The Bertz CT molecular complexity index is 1150. The van der Waals surface area contributed by atoms with Gasteiger partial charge in [-0.25, -0.2) is 13.6 Å². The van der Waals surface area contributed by atoms with Gasteiger partial charge in [0.25, 0.3) is 0 Å². The van der Waals surface area contributed by atoms with Crippen molar-refractivity contribution in [2.45, 2.75) is 24.3 Å². The van der Waals surface area contributed by atoms with E-state index in [1.807, 2.05) is 12.3 Å². The zero-order chi connectivity index (χ0) is 21.1. The van der Waals surface area contributed by atoms with Gasteiger partial charge < -0.3 is 5.32 Å². The Morgan fingerprint density at radius 3 is 2.47 bits per heavy atom. The summed E-state index contributed by atoms with van der Waals surface area (Å²) in [6, 6.07) is 16.1. The molecule has 1 fully saturated rings. The van der Waals surface area contributed by atoms with Crippen LogP contribution in [0, 0.1) is 5.92 Å². The molecule has 0 bridgehead atoms. The third kappa shape index (κ3) is 4.67. The number of carbonyl (C=O) groups is 1. The highest BCUT2D eigenvalue weighted by atomic mass is 32.2. The molecule has 2 aromatic carbocycles. The molecule has 156 valence electrons. The van der Waals surface area contributed by atoms with Crippen molar-refractivity contribution >= 4 is 32.5 Å². The molecule has 2 heterocycles. The first-order valence-corrected chi connectivity index (χ1v) is 11.4. The lowest BCUT2D eigenvalue weighted by atomic mass is 9.95. The monoisotopic (exact) mass is 424 g/mol. The molecule has 1 saturated heterocycles. The fourth-order valence-electron chi connectivity index (χ4n) is 3.86. The highest BCUT2D eigenvalue weighted by Crippen LogP contribution is 2.23. The number of amides is 1. The van der Waals surface area contributed by atoms with E-state index in [4.69, 9.17) is 5.14 Å². The van der Waals surface area contributed by atoms with Crippen LogP contribution in [0.25, 0.3) is 10.9 Å². The van der Waals surface area contributed by atoms with Gasteiger partial charge in [-0.15, -0.1) is 0 Å². The summed E-state index contributed by atoms with van der Waals surface area (Å²) in [5, 5.41) is 9.11. The lowest BCUT2D eigenvalue weighted by Gasteiger charge is -2.31. The van der Waals surface area contributed by atoms with Crippen LogP contribution in [0.3, 0.4) is 0 Å². The van der Waals surface area contributed by atoms with E-state index in [0.29, 0.717) is 5.69 Å². The van der Waals surface area contributed by atoms with Crippen molar-refractivity contribution in [1.82, 2.24) is 9.88 Å². The molecule has 3 N–H and O–H groups in total. The van der Waals surface area contributed by atoms with Crippen LogP contribution in [0.1, 0.15) is 18.4 Å². The molecule has 0 aliphatic carbocycles. The molecule has 0 saturated carbocycles. The molecular formula is C22H24N4O3S. The Morgan fingerprint density at radius 1 is 1.07 bits per heavy atom. The van der Waals surface area contributed by atoms with Crippen molar-refractivity contribution < 1.29 is 13.2 Å². The van der Waals surface area contributed by atoms with Crippen molar-refractivity contribution in [3.05, 3.63) is 66.4 Å². The van der Waals surface area contributed by atoms with Gasteiger partial charge in [0.2, 0.25) is 15.9 Å². The van der Waals surface area contributed by atoms with Crippen molar-refractivity contribution in [1.29, 1.82) is 0 Å². The zero-order valence-corrected chi connectivity index (χ0v) is 17.3. The number of para-hydroxylation sites is 1. The molecule has 1 aromatic heterocycles. The summed E-state index contributed by atoms with van der Waals surface area (Å²) in [4.78, 5) is 19.5. The topological polar surface area (TPSA) is 105 Å². The minimum Gasteiger partial charge on any atom is -0.326 e. The van der Waals surface area contributed by atoms with E-state index in [0.717, 1.165) is 43.4 Å². The number of hydrogen-bond donors (Lipinski definition) is 2. The second kappa shape index (κ2) is 8.51. The summed E-state index contributed by atoms with van der Waals surface area (Å²) < 4.78 is 22.7. The molecule has 3 aromatic rings. The van der Waals surface area contributed by atoms with Gasteiger partial charge in [0.05, 0.1) is 10.4 Å². The molecular weight excluding hydrogens is 400 g/mol. The summed E-state index contributed by atoms with van der Waals surface area (Å²) in [5.74, 6) is -0.102. The van der Waals surface area contributed by atoms with Gasteiger partial charge in [-0.3, -0.25) is 14.7 Å². The molecule has 1 amide bonds. The second-order valence-corrected chi connectivity index (χ2v) is 9.16. The number of pyridine rings is 1. The highest BCUT2D eigenvalue weighted by Gasteiger charge is 2.25. The summed E-state index contributed by atoms with van der Waals surface area (Å²) in [6.07, 6.45) is 3.37. The Kier molecular flexibility index (Phi) is 5.80. The Balaban J connectivity index is 1.33. The lowest BCUT2D eigenvalue weighted by molar-refractivity contribution is -0.121. The number of nitrogens with one attached hydrogen (secondary N) is 1. The Hall–Kier alpha value is -2.81. The van der Waals surface area contributed by atoms with Gasteiger partial charge in [0.15, 0.2) is 0 Å². The molecule has 0 radical (unpaired) electrons. The molecule has 0 atom stereocenters. The average Bonchev–Trinajstić information content (AvgIpc) is 2.74. The number of anilines is 1. The lowest BCUT2D eigenvalue weighted by Crippen LogP contribution is -2.37. The maximum absolute atomic E-state index is 12.6. The second-order valence-electron chi connectivity index (χ2n) is 7.60. The summed E-state index contributed by atoms with van der Waals surface area (Å²) >= 11 is 0. The Morgan fingerprint density at radius 2 is 1.77 bits per heavy atom. The van der Waals surface area contributed by atoms with Crippen LogP contribution in [0.15, 0.2) is 65.7 Å². The van der Waals surface area contributed by atoms with E-state index >= 15 is 0 Å².